The Hall–Kier alpha value is -2.59. The summed E-state index contributed by atoms with van der Waals surface area (Å²) in [5, 5.41) is 3.44. The van der Waals surface area contributed by atoms with Crippen molar-refractivity contribution in [3.05, 3.63) is 66.5 Å². The molecule has 3 rings (SSSR count). The second-order valence-electron chi connectivity index (χ2n) is 4.88. The van der Waals surface area contributed by atoms with Crippen molar-refractivity contribution in [1.29, 1.82) is 0 Å². The highest BCUT2D eigenvalue weighted by molar-refractivity contribution is 6.30. The molecule has 0 aliphatic heterocycles. The van der Waals surface area contributed by atoms with Crippen LogP contribution in [-0.4, -0.2) is 10.5 Å². The molecule has 0 saturated heterocycles. The zero-order chi connectivity index (χ0) is 15.5. The van der Waals surface area contributed by atoms with Gasteiger partial charge in [-0.05, 0) is 30.3 Å². The van der Waals surface area contributed by atoms with Gasteiger partial charge in [0.2, 0.25) is 6.33 Å². The topological polar surface area (TPSA) is 37.9 Å². The maximum Gasteiger partial charge on any atom is 0.266 e. The van der Waals surface area contributed by atoms with E-state index in [1.54, 1.807) is 24.4 Å². The number of aromatic nitrogens is 2. The van der Waals surface area contributed by atoms with Gasteiger partial charge in [-0.1, -0.05) is 36.4 Å². The van der Waals surface area contributed by atoms with Gasteiger partial charge in [-0.3, -0.25) is 4.79 Å². The molecular formula is C17H15ClN3O+. The van der Waals surface area contributed by atoms with Crippen LogP contribution in [0.4, 0.5) is 5.69 Å². The number of hydrogen-bond acceptors (Lipinski definition) is 1. The first kappa shape index (κ1) is 14.4. The maximum absolute atomic E-state index is 12.2. The summed E-state index contributed by atoms with van der Waals surface area (Å²) in [6, 6.07) is 15.0. The summed E-state index contributed by atoms with van der Waals surface area (Å²) in [6.07, 6.45) is 3.57. The number of hydrogen-bond donors (Lipinski definition) is 1. The fourth-order valence-corrected chi connectivity index (χ4v) is 2.58. The summed E-state index contributed by atoms with van der Waals surface area (Å²) in [7, 11) is 0. The SMILES string of the molecule is C=Cn1c[n+](CC(=O)Nc2cccc(Cl)c2)c2ccccc21. The number of rotatable bonds is 4. The molecule has 3 aromatic rings. The van der Waals surface area contributed by atoms with E-state index in [0.29, 0.717) is 10.7 Å². The van der Waals surface area contributed by atoms with Crippen molar-refractivity contribution in [2.75, 3.05) is 5.32 Å². The molecule has 0 bridgehead atoms. The van der Waals surface area contributed by atoms with Gasteiger partial charge in [-0.2, -0.15) is 0 Å². The number of amides is 1. The molecule has 0 radical (unpaired) electrons. The Morgan fingerprint density at radius 2 is 2.09 bits per heavy atom. The average Bonchev–Trinajstić information content (AvgIpc) is 2.85. The number of carbonyl (C=O) groups excluding carboxylic acids is 1. The zero-order valence-electron chi connectivity index (χ0n) is 11.9. The van der Waals surface area contributed by atoms with Gasteiger partial charge in [0.05, 0.1) is 6.20 Å². The van der Waals surface area contributed by atoms with E-state index in [0.717, 1.165) is 11.0 Å². The first-order valence-electron chi connectivity index (χ1n) is 6.84. The number of fused-ring (bicyclic) bond motifs is 1. The van der Waals surface area contributed by atoms with Crippen LogP contribution in [0.15, 0.2) is 61.4 Å². The Bertz CT molecular complexity index is 854. The molecule has 1 amide bonds. The lowest BCUT2D eigenvalue weighted by Gasteiger charge is -2.04. The van der Waals surface area contributed by atoms with Crippen LogP contribution in [0.25, 0.3) is 17.2 Å². The largest absolute Gasteiger partial charge is 0.323 e. The molecule has 0 saturated carbocycles. The Morgan fingerprint density at radius 3 is 2.86 bits per heavy atom. The minimum atomic E-state index is -0.112. The standard InChI is InChI=1S/C17H14ClN3O/c1-2-20-12-21(16-9-4-3-8-15(16)20)11-17(22)19-14-7-5-6-13(18)10-14/h2-10,12H,1,11H2/p+1. The molecule has 1 aromatic heterocycles. The van der Waals surface area contributed by atoms with E-state index in [4.69, 9.17) is 11.6 Å². The van der Waals surface area contributed by atoms with Crippen LogP contribution in [0.1, 0.15) is 0 Å². The Morgan fingerprint density at radius 1 is 1.27 bits per heavy atom. The summed E-state index contributed by atoms with van der Waals surface area (Å²) in [6.45, 7) is 4.00. The summed E-state index contributed by atoms with van der Waals surface area (Å²) in [5.41, 5.74) is 2.67. The molecule has 0 unspecified atom stereocenters. The molecule has 1 heterocycles. The predicted octanol–water partition coefficient (Wildman–Crippen LogP) is 3.32. The molecule has 0 aliphatic carbocycles. The van der Waals surface area contributed by atoms with Gasteiger partial charge in [0.25, 0.3) is 5.91 Å². The molecule has 4 nitrogen and oxygen atoms in total. The molecule has 0 aliphatic rings. The van der Waals surface area contributed by atoms with Crippen molar-refractivity contribution < 1.29 is 9.36 Å². The summed E-state index contributed by atoms with van der Waals surface area (Å²) < 4.78 is 3.78. The third-order valence-corrected chi connectivity index (χ3v) is 3.59. The van der Waals surface area contributed by atoms with Crippen LogP contribution in [0.5, 0.6) is 0 Å². The van der Waals surface area contributed by atoms with Gasteiger partial charge in [-0.15, -0.1) is 0 Å². The van der Waals surface area contributed by atoms with Crippen molar-refractivity contribution in [1.82, 2.24) is 4.57 Å². The molecular weight excluding hydrogens is 298 g/mol. The van der Waals surface area contributed by atoms with E-state index in [-0.39, 0.29) is 12.5 Å². The Balaban J connectivity index is 1.84. The number of para-hydroxylation sites is 2. The van der Waals surface area contributed by atoms with Gasteiger partial charge in [0.1, 0.15) is 0 Å². The van der Waals surface area contributed by atoms with Crippen LogP contribution < -0.4 is 9.88 Å². The van der Waals surface area contributed by atoms with E-state index < -0.39 is 0 Å². The van der Waals surface area contributed by atoms with Gasteiger partial charge < -0.3 is 5.32 Å². The molecule has 0 spiro atoms. The molecule has 22 heavy (non-hydrogen) atoms. The Kier molecular flexibility index (Phi) is 3.94. The molecule has 1 N–H and O–H groups in total. The van der Waals surface area contributed by atoms with Crippen molar-refractivity contribution >= 4 is 40.4 Å². The second-order valence-corrected chi connectivity index (χ2v) is 5.32. The van der Waals surface area contributed by atoms with E-state index in [1.165, 1.54) is 0 Å². The predicted molar refractivity (Wildman–Crippen MR) is 88.6 cm³/mol. The van der Waals surface area contributed by atoms with Gasteiger partial charge >= 0.3 is 0 Å². The summed E-state index contributed by atoms with van der Waals surface area (Å²) >= 11 is 5.92. The van der Waals surface area contributed by atoms with Crippen LogP contribution in [-0.2, 0) is 11.3 Å². The van der Waals surface area contributed by atoms with E-state index >= 15 is 0 Å². The zero-order valence-corrected chi connectivity index (χ0v) is 12.6. The third kappa shape index (κ3) is 2.87. The van der Waals surface area contributed by atoms with E-state index in [9.17, 15) is 4.79 Å². The molecule has 5 heteroatoms. The molecule has 2 aromatic carbocycles. The quantitative estimate of drug-likeness (QED) is 0.737. The monoisotopic (exact) mass is 312 g/mol. The molecule has 110 valence electrons. The van der Waals surface area contributed by atoms with Crippen LogP contribution in [0, 0.1) is 0 Å². The maximum atomic E-state index is 12.2. The van der Waals surface area contributed by atoms with Crippen LogP contribution in [0.2, 0.25) is 5.02 Å². The molecule has 0 atom stereocenters. The third-order valence-electron chi connectivity index (χ3n) is 3.35. The van der Waals surface area contributed by atoms with Crippen LogP contribution in [0.3, 0.4) is 0 Å². The lowest BCUT2D eigenvalue weighted by atomic mass is 10.3. The van der Waals surface area contributed by atoms with Crippen molar-refractivity contribution in [3.63, 3.8) is 0 Å². The highest BCUT2D eigenvalue weighted by atomic mass is 35.5. The number of carbonyl (C=O) groups is 1. The minimum Gasteiger partial charge on any atom is -0.323 e. The lowest BCUT2D eigenvalue weighted by Crippen LogP contribution is -2.39. The Labute approximate surface area is 133 Å². The minimum absolute atomic E-state index is 0.112. The van der Waals surface area contributed by atoms with Crippen molar-refractivity contribution in [3.8, 4) is 0 Å². The van der Waals surface area contributed by atoms with Gasteiger partial charge in [0.15, 0.2) is 17.6 Å². The number of halogens is 1. The number of anilines is 1. The average molecular weight is 313 g/mol. The molecule has 0 fully saturated rings. The van der Waals surface area contributed by atoms with E-state index in [2.05, 4.69) is 11.9 Å². The first-order chi connectivity index (χ1) is 10.7. The van der Waals surface area contributed by atoms with Crippen molar-refractivity contribution in [2.45, 2.75) is 6.54 Å². The number of nitrogens with zero attached hydrogens (tertiary/aromatic N) is 2. The summed E-state index contributed by atoms with van der Waals surface area (Å²) in [5.74, 6) is -0.112. The fourth-order valence-electron chi connectivity index (χ4n) is 2.39. The highest BCUT2D eigenvalue weighted by Crippen LogP contribution is 2.15. The lowest BCUT2D eigenvalue weighted by molar-refractivity contribution is -0.658. The fraction of sp³-hybridized carbons (Fsp3) is 0.0588. The normalized spacial score (nSPS) is 10.6. The first-order valence-corrected chi connectivity index (χ1v) is 7.22. The van der Waals surface area contributed by atoms with Crippen molar-refractivity contribution in [2.24, 2.45) is 0 Å². The van der Waals surface area contributed by atoms with Gasteiger partial charge in [-0.25, -0.2) is 9.13 Å². The number of benzene rings is 2. The van der Waals surface area contributed by atoms with Crippen LogP contribution >= 0.6 is 11.6 Å². The number of imidazole rings is 1. The van der Waals surface area contributed by atoms with Gasteiger partial charge in [0, 0.05) is 10.7 Å². The number of nitrogens with one attached hydrogen (secondary N) is 1. The highest BCUT2D eigenvalue weighted by Gasteiger charge is 2.16. The second kappa shape index (κ2) is 6.03. The summed E-state index contributed by atoms with van der Waals surface area (Å²) in [4.78, 5) is 12.2. The smallest absolute Gasteiger partial charge is 0.266 e. The van der Waals surface area contributed by atoms with E-state index in [1.807, 2.05) is 45.8 Å².